The minimum absolute atomic E-state index is 0.00898. The van der Waals surface area contributed by atoms with Crippen molar-refractivity contribution < 1.29 is 14.0 Å². The highest BCUT2D eigenvalue weighted by Gasteiger charge is 2.42. The summed E-state index contributed by atoms with van der Waals surface area (Å²) in [6.45, 7) is 1.07. The molecule has 2 aliphatic heterocycles. The van der Waals surface area contributed by atoms with E-state index in [1.54, 1.807) is 4.90 Å². The van der Waals surface area contributed by atoms with Crippen molar-refractivity contribution in [2.75, 3.05) is 13.1 Å². The molecule has 0 aromatic carbocycles. The number of hydrogen-bond donors (Lipinski definition) is 1. The van der Waals surface area contributed by atoms with E-state index in [9.17, 15) is 14.0 Å². The summed E-state index contributed by atoms with van der Waals surface area (Å²) in [5.74, 6) is -1.09. The summed E-state index contributed by atoms with van der Waals surface area (Å²) < 4.78 is 13.1. The van der Waals surface area contributed by atoms with E-state index in [0.717, 1.165) is 12.8 Å². The molecule has 3 heterocycles. The van der Waals surface area contributed by atoms with Gasteiger partial charge < -0.3 is 10.2 Å². The Labute approximate surface area is 109 Å². The average molecular weight is 263 g/mol. The normalized spacial score (nSPS) is 25.9. The number of nitrogens with one attached hydrogen (secondary N) is 1. The molecule has 2 saturated heterocycles. The highest BCUT2D eigenvalue weighted by atomic mass is 19.1. The van der Waals surface area contributed by atoms with Crippen LogP contribution >= 0.6 is 0 Å². The molecule has 19 heavy (non-hydrogen) atoms. The lowest BCUT2D eigenvalue weighted by Crippen LogP contribution is -2.48. The maximum Gasteiger partial charge on any atom is 0.272 e. The van der Waals surface area contributed by atoms with Crippen LogP contribution in [0, 0.1) is 11.9 Å². The van der Waals surface area contributed by atoms with Crippen molar-refractivity contribution in [1.82, 2.24) is 15.2 Å². The van der Waals surface area contributed by atoms with Crippen LogP contribution in [-0.4, -0.2) is 40.8 Å². The number of fused-ring (bicyclic) bond motifs is 1. The summed E-state index contributed by atoms with van der Waals surface area (Å²) in [4.78, 5) is 29.3. The Hall–Kier alpha value is -1.98. The topological polar surface area (TPSA) is 62.3 Å². The van der Waals surface area contributed by atoms with Crippen LogP contribution in [0.1, 0.15) is 23.3 Å². The van der Waals surface area contributed by atoms with Crippen LogP contribution in [0.25, 0.3) is 0 Å². The van der Waals surface area contributed by atoms with Gasteiger partial charge in [-0.3, -0.25) is 9.59 Å². The van der Waals surface area contributed by atoms with Crippen LogP contribution in [-0.2, 0) is 4.79 Å². The quantitative estimate of drug-likeness (QED) is 0.754. The van der Waals surface area contributed by atoms with Crippen molar-refractivity contribution in [2.45, 2.75) is 18.9 Å². The van der Waals surface area contributed by atoms with Gasteiger partial charge in [0, 0.05) is 13.1 Å². The molecule has 5 nitrogen and oxygen atoms in total. The lowest BCUT2D eigenvalue weighted by Gasteiger charge is -2.35. The van der Waals surface area contributed by atoms with Crippen LogP contribution in [0.4, 0.5) is 4.39 Å². The molecule has 1 N–H and O–H groups in total. The monoisotopic (exact) mass is 263 g/mol. The van der Waals surface area contributed by atoms with Crippen molar-refractivity contribution >= 4 is 11.8 Å². The SMILES string of the molecule is O=C1NCC2C1CCCN2C(=O)c1cccc(F)n1. The summed E-state index contributed by atoms with van der Waals surface area (Å²) in [6, 6.07) is 4.05. The van der Waals surface area contributed by atoms with Gasteiger partial charge in [0.1, 0.15) is 5.69 Å². The second-order valence-corrected chi connectivity index (χ2v) is 4.91. The first kappa shape index (κ1) is 12.1. The number of aromatic nitrogens is 1. The van der Waals surface area contributed by atoms with Crippen molar-refractivity contribution in [1.29, 1.82) is 0 Å². The van der Waals surface area contributed by atoms with Gasteiger partial charge in [0.05, 0.1) is 12.0 Å². The number of carbonyl (C=O) groups excluding carboxylic acids is 2. The molecule has 2 aliphatic rings. The van der Waals surface area contributed by atoms with E-state index in [0.29, 0.717) is 13.1 Å². The van der Waals surface area contributed by atoms with Crippen LogP contribution in [0.3, 0.4) is 0 Å². The summed E-state index contributed by atoms with van der Waals surface area (Å²) >= 11 is 0. The first-order chi connectivity index (χ1) is 9.16. The maximum atomic E-state index is 13.1. The summed E-state index contributed by atoms with van der Waals surface area (Å²) in [5.41, 5.74) is 0.0972. The number of piperidine rings is 1. The number of nitrogens with zero attached hydrogens (tertiary/aromatic N) is 2. The number of likely N-dealkylation sites (tertiary alicyclic amines) is 1. The second kappa shape index (κ2) is 4.60. The predicted molar refractivity (Wildman–Crippen MR) is 64.8 cm³/mol. The molecule has 1 aromatic heterocycles. The Balaban J connectivity index is 1.85. The van der Waals surface area contributed by atoms with Gasteiger partial charge in [-0.15, -0.1) is 0 Å². The molecular formula is C13H14FN3O2. The fourth-order valence-corrected chi connectivity index (χ4v) is 2.88. The third-order valence-corrected chi connectivity index (χ3v) is 3.80. The smallest absolute Gasteiger partial charge is 0.272 e. The predicted octanol–water partition coefficient (Wildman–Crippen LogP) is 0.571. The Morgan fingerprint density at radius 2 is 2.32 bits per heavy atom. The highest BCUT2D eigenvalue weighted by Crippen LogP contribution is 2.28. The zero-order valence-corrected chi connectivity index (χ0v) is 10.3. The van der Waals surface area contributed by atoms with E-state index in [2.05, 4.69) is 10.3 Å². The average Bonchev–Trinajstić information content (AvgIpc) is 2.80. The highest BCUT2D eigenvalue weighted by molar-refractivity contribution is 5.93. The Bertz CT molecular complexity index is 534. The van der Waals surface area contributed by atoms with Gasteiger partial charge in [0.15, 0.2) is 0 Å². The molecule has 100 valence electrons. The number of pyridine rings is 1. The Morgan fingerprint density at radius 3 is 3.11 bits per heavy atom. The van der Waals surface area contributed by atoms with Crippen LogP contribution in [0.5, 0.6) is 0 Å². The van der Waals surface area contributed by atoms with Crippen LogP contribution in [0.2, 0.25) is 0 Å². The van der Waals surface area contributed by atoms with Gasteiger partial charge in [-0.25, -0.2) is 4.98 Å². The van der Waals surface area contributed by atoms with Crippen molar-refractivity contribution in [2.24, 2.45) is 5.92 Å². The maximum absolute atomic E-state index is 13.1. The van der Waals surface area contributed by atoms with Gasteiger partial charge in [-0.2, -0.15) is 4.39 Å². The van der Waals surface area contributed by atoms with E-state index in [4.69, 9.17) is 0 Å². The van der Waals surface area contributed by atoms with Gasteiger partial charge in [0.25, 0.3) is 5.91 Å². The fourth-order valence-electron chi connectivity index (χ4n) is 2.88. The number of hydrogen-bond acceptors (Lipinski definition) is 3. The largest absolute Gasteiger partial charge is 0.354 e. The van der Waals surface area contributed by atoms with E-state index in [1.165, 1.54) is 18.2 Å². The summed E-state index contributed by atoms with van der Waals surface area (Å²) in [5, 5.41) is 2.78. The minimum Gasteiger partial charge on any atom is -0.354 e. The van der Waals surface area contributed by atoms with Crippen molar-refractivity contribution in [3.8, 4) is 0 Å². The lowest BCUT2D eigenvalue weighted by atomic mass is 9.91. The summed E-state index contributed by atoms with van der Waals surface area (Å²) in [6.07, 6.45) is 1.59. The zero-order valence-electron chi connectivity index (χ0n) is 10.3. The third-order valence-electron chi connectivity index (χ3n) is 3.80. The zero-order chi connectivity index (χ0) is 13.4. The van der Waals surface area contributed by atoms with Crippen molar-refractivity contribution in [3.05, 3.63) is 29.8 Å². The molecule has 2 unspecified atom stereocenters. The molecule has 0 saturated carbocycles. The molecular weight excluding hydrogens is 249 g/mol. The van der Waals surface area contributed by atoms with E-state index in [1.807, 2.05) is 0 Å². The van der Waals surface area contributed by atoms with Crippen LogP contribution in [0.15, 0.2) is 18.2 Å². The number of rotatable bonds is 1. The molecule has 1 aromatic rings. The molecule has 6 heteroatoms. The van der Waals surface area contributed by atoms with Gasteiger partial charge >= 0.3 is 0 Å². The standard InChI is InChI=1S/C13H14FN3O2/c14-11-5-1-4-9(16-11)13(19)17-6-2-3-8-10(17)7-15-12(8)18/h1,4-5,8,10H,2-3,6-7H2,(H,15,18). The number of halogens is 1. The van der Waals surface area contributed by atoms with Gasteiger partial charge in [0.2, 0.25) is 11.9 Å². The van der Waals surface area contributed by atoms with Gasteiger partial charge in [-0.05, 0) is 25.0 Å². The van der Waals surface area contributed by atoms with Crippen molar-refractivity contribution in [3.63, 3.8) is 0 Å². The van der Waals surface area contributed by atoms with Crippen LogP contribution < -0.4 is 5.32 Å². The van der Waals surface area contributed by atoms with E-state index in [-0.39, 0.29) is 29.5 Å². The molecule has 0 spiro atoms. The first-order valence-electron chi connectivity index (χ1n) is 6.38. The first-order valence-corrected chi connectivity index (χ1v) is 6.38. The van der Waals surface area contributed by atoms with E-state index >= 15 is 0 Å². The second-order valence-electron chi connectivity index (χ2n) is 4.91. The molecule has 3 rings (SSSR count). The molecule has 2 fully saturated rings. The minimum atomic E-state index is -0.667. The molecule has 0 radical (unpaired) electrons. The molecule has 2 atom stereocenters. The molecule has 0 aliphatic carbocycles. The number of carbonyl (C=O) groups is 2. The van der Waals surface area contributed by atoms with Gasteiger partial charge in [-0.1, -0.05) is 6.07 Å². The third kappa shape index (κ3) is 2.07. The van der Waals surface area contributed by atoms with E-state index < -0.39 is 5.95 Å². The Morgan fingerprint density at radius 1 is 1.47 bits per heavy atom. The number of amides is 2. The molecule has 2 amide bonds. The Kier molecular flexibility index (Phi) is 2.93. The lowest BCUT2D eigenvalue weighted by molar-refractivity contribution is -0.123. The summed E-state index contributed by atoms with van der Waals surface area (Å²) in [7, 11) is 0. The molecule has 0 bridgehead atoms. The fraction of sp³-hybridized carbons (Fsp3) is 0.462.